The van der Waals surface area contributed by atoms with Crippen LogP contribution in [0.2, 0.25) is 5.02 Å². The van der Waals surface area contributed by atoms with Gasteiger partial charge in [-0.1, -0.05) is 24.6 Å². The van der Waals surface area contributed by atoms with Crippen LogP contribution in [0.25, 0.3) is 0 Å². The Bertz CT molecular complexity index is 969. The number of piperidine rings is 1. The number of nitrogens with one attached hydrogen (secondary N) is 1. The first-order valence-corrected chi connectivity index (χ1v) is 10.7. The average molecular weight is 410 g/mol. The first-order chi connectivity index (χ1) is 12.7. The topological polar surface area (TPSA) is 71.4 Å². The molecular formula is C19H24ClN3O3S. The third-order valence-electron chi connectivity index (χ3n) is 4.84. The Labute approximate surface area is 165 Å². The van der Waals surface area contributed by atoms with Crippen LogP contribution in [0.1, 0.15) is 35.8 Å². The van der Waals surface area contributed by atoms with Crippen molar-refractivity contribution in [1.29, 1.82) is 0 Å². The van der Waals surface area contributed by atoms with Gasteiger partial charge in [-0.15, -0.1) is 0 Å². The van der Waals surface area contributed by atoms with Crippen molar-refractivity contribution < 1.29 is 13.2 Å². The number of aryl methyl sites for hydroxylation is 2. The summed E-state index contributed by atoms with van der Waals surface area (Å²) in [5, 5.41) is 3.18. The number of nitrogens with zero attached hydrogens (tertiary/aromatic N) is 2. The zero-order valence-electron chi connectivity index (χ0n) is 15.7. The number of aromatic nitrogens is 1. The van der Waals surface area contributed by atoms with Crippen molar-refractivity contribution in [2.45, 2.75) is 31.6 Å². The van der Waals surface area contributed by atoms with Gasteiger partial charge in [-0.05, 0) is 49.4 Å². The van der Waals surface area contributed by atoms with Crippen LogP contribution in [-0.4, -0.2) is 36.3 Å². The number of anilines is 1. The fraction of sp³-hybridized carbons (Fsp3) is 0.421. The molecule has 2 heterocycles. The number of carbonyl (C=O) groups is 1. The maximum Gasteiger partial charge on any atom is 0.272 e. The van der Waals surface area contributed by atoms with E-state index in [0.29, 0.717) is 29.7 Å². The van der Waals surface area contributed by atoms with Crippen molar-refractivity contribution in [3.63, 3.8) is 0 Å². The largest absolute Gasteiger partial charge is 0.345 e. The van der Waals surface area contributed by atoms with Gasteiger partial charge in [0.2, 0.25) is 10.0 Å². The molecule has 1 aliphatic rings. The number of hydrogen-bond donors (Lipinski definition) is 1. The van der Waals surface area contributed by atoms with E-state index in [1.165, 1.54) is 21.1 Å². The number of halogens is 1. The summed E-state index contributed by atoms with van der Waals surface area (Å²) in [4.78, 5) is 12.8. The predicted octanol–water partition coefficient (Wildman–Crippen LogP) is 3.66. The summed E-state index contributed by atoms with van der Waals surface area (Å²) >= 11 is 6.17. The summed E-state index contributed by atoms with van der Waals surface area (Å²) in [5.74, 6) is -0.0691. The van der Waals surface area contributed by atoms with Gasteiger partial charge in [-0.3, -0.25) is 4.79 Å². The van der Waals surface area contributed by atoms with Crippen LogP contribution in [0.15, 0.2) is 35.4 Å². The monoisotopic (exact) mass is 409 g/mol. The number of carbonyl (C=O) groups excluding carboxylic acids is 1. The van der Waals surface area contributed by atoms with E-state index >= 15 is 0 Å². The number of hydrogen-bond acceptors (Lipinski definition) is 3. The average Bonchev–Trinajstić information content (AvgIpc) is 3.00. The van der Waals surface area contributed by atoms with Crippen LogP contribution in [-0.2, 0) is 17.1 Å². The van der Waals surface area contributed by atoms with E-state index in [-0.39, 0.29) is 10.6 Å². The van der Waals surface area contributed by atoms with Gasteiger partial charge in [0.25, 0.3) is 5.91 Å². The van der Waals surface area contributed by atoms with Gasteiger partial charge in [0, 0.05) is 26.3 Å². The van der Waals surface area contributed by atoms with E-state index in [1.54, 1.807) is 19.2 Å². The molecule has 1 aromatic carbocycles. The summed E-state index contributed by atoms with van der Waals surface area (Å²) in [6, 6.07) is 6.76. The van der Waals surface area contributed by atoms with Crippen LogP contribution < -0.4 is 5.32 Å². The first-order valence-electron chi connectivity index (χ1n) is 8.92. The van der Waals surface area contributed by atoms with Gasteiger partial charge in [0.15, 0.2) is 0 Å². The van der Waals surface area contributed by atoms with E-state index in [4.69, 9.17) is 11.6 Å². The minimum Gasteiger partial charge on any atom is -0.345 e. The Balaban J connectivity index is 1.84. The fourth-order valence-corrected chi connectivity index (χ4v) is 5.28. The number of benzene rings is 1. The van der Waals surface area contributed by atoms with Gasteiger partial charge in [-0.25, -0.2) is 8.42 Å². The molecule has 0 aliphatic carbocycles. The molecule has 0 saturated carbocycles. The van der Waals surface area contributed by atoms with Crippen molar-refractivity contribution in [3.05, 3.63) is 46.7 Å². The second kappa shape index (κ2) is 7.66. The summed E-state index contributed by atoms with van der Waals surface area (Å²) in [6.07, 6.45) is 3.37. The predicted molar refractivity (Wildman–Crippen MR) is 107 cm³/mol. The van der Waals surface area contributed by atoms with E-state index in [9.17, 15) is 13.2 Å². The van der Waals surface area contributed by atoms with E-state index in [1.807, 2.05) is 13.0 Å². The molecule has 1 aliphatic heterocycles. The van der Waals surface area contributed by atoms with Gasteiger partial charge in [0.05, 0.1) is 10.7 Å². The standard InChI is InChI=1S/C19H24ClN3O3S/c1-13-6-7-17(16(20)9-13)21-19(24)18-10-15(12-22(18)3)27(25,26)23-8-4-5-14(2)11-23/h6-7,9-10,12,14H,4-5,8,11H2,1-3H3,(H,21,24)/t14-/m1/s1. The van der Waals surface area contributed by atoms with E-state index in [0.717, 1.165) is 18.4 Å². The highest BCUT2D eigenvalue weighted by Crippen LogP contribution is 2.26. The highest BCUT2D eigenvalue weighted by atomic mass is 35.5. The van der Waals surface area contributed by atoms with Gasteiger partial charge in [-0.2, -0.15) is 4.31 Å². The zero-order valence-corrected chi connectivity index (χ0v) is 17.3. The van der Waals surface area contributed by atoms with Crippen LogP contribution in [0.4, 0.5) is 5.69 Å². The highest BCUT2D eigenvalue weighted by Gasteiger charge is 2.30. The minimum atomic E-state index is -3.61. The Morgan fingerprint density at radius 1 is 1.30 bits per heavy atom. The Morgan fingerprint density at radius 3 is 2.70 bits per heavy atom. The van der Waals surface area contributed by atoms with Crippen molar-refractivity contribution >= 4 is 33.2 Å². The fourth-order valence-electron chi connectivity index (χ4n) is 3.32. The highest BCUT2D eigenvalue weighted by molar-refractivity contribution is 7.89. The normalized spacial score (nSPS) is 18.4. The molecule has 1 amide bonds. The smallest absolute Gasteiger partial charge is 0.272 e. The molecule has 1 saturated heterocycles. The lowest BCUT2D eigenvalue weighted by Crippen LogP contribution is -2.38. The summed E-state index contributed by atoms with van der Waals surface area (Å²) in [6.45, 7) is 4.99. The van der Waals surface area contributed by atoms with Crippen LogP contribution in [0.3, 0.4) is 0 Å². The van der Waals surface area contributed by atoms with Gasteiger partial charge < -0.3 is 9.88 Å². The molecule has 1 fully saturated rings. The van der Waals surface area contributed by atoms with E-state index < -0.39 is 15.9 Å². The molecule has 0 spiro atoms. The molecule has 1 N–H and O–H groups in total. The number of amides is 1. The Morgan fingerprint density at radius 2 is 2.04 bits per heavy atom. The minimum absolute atomic E-state index is 0.138. The molecule has 146 valence electrons. The zero-order chi connectivity index (χ0) is 19.8. The lowest BCUT2D eigenvalue weighted by atomic mass is 10.0. The van der Waals surface area contributed by atoms with Gasteiger partial charge in [0.1, 0.15) is 10.6 Å². The summed E-state index contributed by atoms with van der Waals surface area (Å²) in [7, 11) is -1.95. The van der Waals surface area contributed by atoms with Crippen molar-refractivity contribution in [2.75, 3.05) is 18.4 Å². The maximum absolute atomic E-state index is 12.9. The Kier molecular flexibility index (Phi) is 5.65. The molecule has 27 heavy (non-hydrogen) atoms. The number of sulfonamides is 1. The molecule has 1 atom stereocenters. The lowest BCUT2D eigenvalue weighted by molar-refractivity contribution is 0.101. The SMILES string of the molecule is Cc1ccc(NC(=O)c2cc(S(=O)(=O)N3CCC[C@@H](C)C3)cn2C)c(Cl)c1. The van der Waals surface area contributed by atoms with Crippen LogP contribution in [0.5, 0.6) is 0 Å². The second-order valence-electron chi connectivity index (χ2n) is 7.22. The van der Waals surface area contributed by atoms with Crippen molar-refractivity contribution in [3.8, 4) is 0 Å². The molecule has 0 radical (unpaired) electrons. The molecule has 0 bridgehead atoms. The van der Waals surface area contributed by atoms with Crippen LogP contribution >= 0.6 is 11.6 Å². The molecule has 3 rings (SSSR count). The molecule has 8 heteroatoms. The molecule has 6 nitrogen and oxygen atoms in total. The first kappa shape index (κ1) is 19.9. The van der Waals surface area contributed by atoms with Crippen molar-refractivity contribution in [2.24, 2.45) is 13.0 Å². The summed E-state index contributed by atoms with van der Waals surface area (Å²) in [5.41, 5.74) is 1.74. The second-order valence-corrected chi connectivity index (χ2v) is 9.56. The third kappa shape index (κ3) is 4.20. The maximum atomic E-state index is 12.9. The Hall–Kier alpha value is -1.83. The quantitative estimate of drug-likeness (QED) is 0.837. The van der Waals surface area contributed by atoms with Gasteiger partial charge >= 0.3 is 0 Å². The van der Waals surface area contributed by atoms with E-state index in [2.05, 4.69) is 12.2 Å². The summed E-state index contributed by atoms with van der Waals surface area (Å²) < 4.78 is 28.9. The lowest BCUT2D eigenvalue weighted by Gasteiger charge is -2.29. The number of rotatable bonds is 4. The molecule has 2 aromatic rings. The van der Waals surface area contributed by atoms with Crippen LogP contribution in [0, 0.1) is 12.8 Å². The molecule has 1 aromatic heterocycles. The molecular weight excluding hydrogens is 386 g/mol. The van der Waals surface area contributed by atoms with Crippen molar-refractivity contribution in [1.82, 2.24) is 8.87 Å². The molecule has 0 unspecified atom stereocenters. The third-order valence-corrected chi connectivity index (χ3v) is 6.99.